The van der Waals surface area contributed by atoms with Crippen LogP contribution in [0.15, 0.2) is 0 Å². The highest BCUT2D eigenvalue weighted by Gasteiger charge is 2.09. The van der Waals surface area contributed by atoms with Crippen LogP contribution in [0.25, 0.3) is 0 Å². The topological polar surface area (TPSA) is 75.6 Å². The third kappa shape index (κ3) is 6.28. The van der Waals surface area contributed by atoms with Gasteiger partial charge in [0.1, 0.15) is 0 Å². The molecule has 0 heterocycles. The van der Waals surface area contributed by atoms with Crippen molar-refractivity contribution >= 4 is 12.1 Å². The average Bonchev–Trinajstić information content (AvgIpc) is 2.12. The van der Waals surface area contributed by atoms with Crippen LogP contribution in [0.2, 0.25) is 0 Å². The monoisotopic (exact) mass is 203 g/mol. The summed E-state index contributed by atoms with van der Waals surface area (Å²) in [5.74, 6) is -1.17. The van der Waals surface area contributed by atoms with E-state index < -0.39 is 12.1 Å². The molecule has 1 amide bonds. The Balaban J connectivity index is 3.37. The number of amides is 1. The fraction of sp³-hybridized carbons (Fsp3) is 0.778. The molecule has 0 saturated carbocycles. The Morgan fingerprint density at radius 3 is 2.64 bits per heavy atom. The van der Waals surface area contributed by atoms with E-state index in [9.17, 15) is 9.59 Å². The largest absolute Gasteiger partial charge is 0.481 e. The number of aliphatic carboxylic acids is 1. The number of carboxylic acids is 1. The summed E-state index contributed by atoms with van der Waals surface area (Å²) < 4.78 is 4.63. The highest BCUT2D eigenvalue weighted by atomic mass is 16.5. The van der Waals surface area contributed by atoms with Crippen LogP contribution >= 0.6 is 0 Å². The van der Waals surface area contributed by atoms with Gasteiger partial charge in [0.25, 0.3) is 0 Å². The predicted octanol–water partition coefficient (Wildman–Crippen LogP) is 1.23. The molecule has 0 aliphatic carbocycles. The first-order chi connectivity index (χ1) is 6.57. The highest BCUT2D eigenvalue weighted by molar-refractivity contribution is 5.69. The maximum atomic E-state index is 10.8. The SMILES string of the molecule is CCOC(=O)NCCCC(C)C(=O)O. The molecule has 0 spiro atoms. The van der Waals surface area contributed by atoms with Gasteiger partial charge in [-0.15, -0.1) is 0 Å². The second kappa shape index (κ2) is 7.17. The maximum Gasteiger partial charge on any atom is 0.407 e. The van der Waals surface area contributed by atoms with E-state index in [1.807, 2.05) is 0 Å². The van der Waals surface area contributed by atoms with Crippen molar-refractivity contribution in [3.63, 3.8) is 0 Å². The first-order valence-electron chi connectivity index (χ1n) is 4.71. The summed E-state index contributed by atoms with van der Waals surface area (Å²) in [5, 5.41) is 11.1. The normalized spacial score (nSPS) is 11.9. The van der Waals surface area contributed by atoms with Crippen LogP contribution in [-0.4, -0.2) is 30.3 Å². The van der Waals surface area contributed by atoms with E-state index in [1.165, 1.54) is 0 Å². The Kier molecular flexibility index (Phi) is 6.53. The second-order valence-corrected chi connectivity index (χ2v) is 3.03. The molecule has 0 aromatic heterocycles. The quantitative estimate of drug-likeness (QED) is 0.637. The van der Waals surface area contributed by atoms with Crippen molar-refractivity contribution in [3.8, 4) is 0 Å². The molecule has 0 aliphatic heterocycles. The summed E-state index contributed by atoms with van der Waals surface area (Å²) >= 11 is 0. The zero-order valence-corrected chi connectivity index (χ0v) is 8.58. The minimum absolute atomic E-state index is 0.345. The van der Waals surface area contributed by atoms with Gasteiger partial charge in [0.15, 0.2) is 0 Å². The van der Waals surface area contributed by atoms with Crippen LogP contribution in [0, 0.1) is 5.92 Å². The van der Waals surface area contributed by atoms with E-state index in [1.54, 1.807) is 13.8 Å². The van der Waals surface area contributed by atoms with Crippen molar-refractivity contribution in [3.05, 3.63) is 0 Å². The van der Waals surface area contributed by atoms with Crippen LogP contribution in [0.3, 0.4) is 0 Å². The summed E-state index contributed by atoms with van der Waals surface area (Å²) in [6.45, 7) is 4.17. The molecule has 5 heteroatoms. The molecule has 2 N–H and O–H groups in total. The molecule has 0 radical (unpaired) electrons. The van der Waals surface area contributed by atoms with E-state index in [0.29, 0.717) is 26.0 Å². The summed E-state index contributed by atoms with van der Waals surface area (Å²) in [6.07, 6.45) is 0.754. The molecule has 0 fully saturated rings. The Labute approximate surface area is 83.4 Å². The number of carbonyl (C=O) groups is 2. The van der Waals surface area contributed by atoms with Crippen LogP contribution < -0.4 is 5.32 Å². The summed E-state index contributed by atoms with van der Waals surface area (Å²) in [4.78, 5) is 21.2. The Bertz CT molecular complexity index is 193. The fourth-order valence-electron chi connectivity index (χ4n) is 0.904. The summed E-state index contributed by atoms with van der Waals surface area (Å²) in [7, 11) is 0. The van der Waals surface area contributed by atoms with Crippen molar-refractivity contribution in [2.75, 3.05) is 13.2 Å². The minimum atomic E-state index is -0.805. The van der Waals surface area contributed by atoms with Gasteiger partial charge in [0.05, 0.1) is 12.5 Å². The van der Waals surface area contributed by atoms with Gasteiger partial charge >= 0.3 is 12.1 Å². The standard InChI is InChI=1S/C9H17NO4/c1-3-14-9(13)10-6-4-5-7(2)8(11)12/h7H,3-6H2,1-2H3,(H,10,13)(H,11,12). The third-order valence-corrected chi connectivity index (χ3v) is 1.78. The van der Waals surface area contributed by atoms with Crippen molar-refractivity contribution in [1.82, 2.24) is 5.32 Å². The lowest BCUT2D eigenvalue weighted by Gasteiger charge is -2.07. The second-order valence-electron chi connectivity index (χ2n) is 3.03. The van der Waals surface area contributed by atoms with Crippen LogP contribution in [0.1, 0.15) is 26.7 Å². The molecule has 1 atom stereocenters. The van der Waals surface area contributed by atoms with Crippen molar-refractivity contribution < 1.29 is 19.4 Å². The van der Waals surface area contributed by atoms with Gasteiger partial charge in [-0.3, -0.25) is 4.79 Å². The first-order valence-corrected chi connectivity index (χ1v) is 4.71. The Morgan fingerprint density at radius 2 is 2.14 bits per heavy atom. The van der Waals surface area contributed by atoms with Gasteiger partial charge in [0, 0.05) is 6.54 Å². The average molecular weight is 203 g/mol. The molecule has 0 saturated heterocycles. The van der Waals surface area contributed by atoms with Crippen LogP contribution in [-0.2, 0) is 9.53 Å². The van der Waals surface area contributed by atoms with Crippen LogP contribution in [0.5, 0.6) is 0 Å². The van der Waals surface area contributed by atoms with E-state index in [0.717, 1.165) is 0 Å². The van der Waals surface area contributed by atoms with Crippen molar-refractivity contribution in [2.45, 2.75) is 26.7 Å². The number of rotatable bonds is 6. The van der Waals surface area contributed by atoms with Crippen molar-refractivity contribution in [1.29, 1.82) is 0 Å². The number of hydrogen-bond acceptors (Lipinski definition) is 3. The third-order valence-electron chi connectivity index (χ3n) is 1.78. The van der Waals surface area contributed by atoms with Gasteiger partial charge in [0.2, 0.25) is 0 Å². The van der Waals surface area contributed by atoms with Crippen LogP contribution in [0.4, 0.5) is 4.79 Å². The lowest BCUT2D eigenvalue weighted by atomic mass is 10.1. The van der Waals surface area contributed by atoms with Gasteiger partial charge < -0.3 is 15.2 Å². The minimum Gasteiger partial charge on any atom is -0.481 e. The number of alkyl carbamates (subject to hydrolysis) is 1. The van der Waals surface area contributed by atoms with E-state index in [2.05, 4.69) is 10.1 Å². The number of carbonyl (C=O) groups excluding carboxylic acids is 1. The van der Waals surface area contributed by atoms with Crippen molar-refractivity contribution in [2.24, 2.45) is 5.92 Å². The smallest absolute Gasteiger partial charge is 0.407 e. The zero-order valence-electron chi connectivity index (χ0n) is 8.58. The Morgan fingerprint density at radius 1 is 1.50 bits per heavy atom. The van der Waals surface area contributed by atoms with E-state index in [4.69, 9.17) is 5.11 Å². The molecule has 82 valence electrons. The molecule has 0 aromatic rings. The van der Waals surface area contributed by atoms with Gasteiger partial charge in [-0.05, 0) is 19.8 Å². The summed E-state index contributed by atoms with van der Waals surface area (Å²) in [6, 6.07) is 0. The van der Waals surface area contributed by atoms with Gasteiger partial charge in [-0.25, -0.2) is 4.79 Å². The first kappa shape index (κ1) is 12.7. The fourth-order valence-corrected chi connectivity index (χ4v) is 0.904. The van der Waals surface area contributed by atoms with E-state index in [-0.39, 0.29) is 5.92 Å². The van der Waals surface area contributed by atoms with Gasteiger partial charge in [-0.1, -0.05) is 6.92 Å². The molecule has 1 unspecified atom stereocenters. The number of nitrogens with one attached hydrogen (secondary N) is 1. The predicted molar refractivity (Wildman–Crippen MR) is 51.1 cm³/mol. The molecule has 0 aromatic carbocycles. The number of hydrogen-bond donors (Lipinski definition) is 2. The lowest BCUT2D eigenvalue weighted by Crippen LogP contribution is -2.25. The molecule has 0 rings (SSSR count). The molecular formula is C9H17NO4. The molecular weight excluding hydrogens is 186 g/mol. The Hall–Kier alpha value is -1.26. The number of ether oxygens (including phenoxy) is 1. The molecule has 14 heavy (non-hydrogen) atoms. The zero-order chi connectivity index (χ0) is 11.0. The number of carboxylic acid groups (broad SMARTS) is 1. The molecule has 0 bridgehead atoms. The molecule has 0 aliphatic rings. The lowest BCUT2D eigenvalue weighted by molar-refractivity contribution is -0.141. The molecule has 5 nitrogen and oxygen atoms in total. The van der Waals surface area contributed by atoms with Gasteiger partial charge in [-0.2, -0.15) is 0 Å². The summed E-state index contributed by atoms with van der Waals surface area (Å²) in [5.41, 5.74) is 0. The maximum absolute atomic E-state index is 10.8. The highest BCUT2D eigenvalue weighted by Crippen LogP contribution is 2.03. The van der Waals surface area contributed by atoms with E-state index >= 15 is 0 Å².